The number of aromatic amines is 2. The summed E-state index contributed by atoms with van der Waals surface area (Å²) < 4.78 is 9.66. The van der Waals surface area contributed by atoms with Gasteiger partial charge in [0, 0.05) is 18.1 Å². The number of amides is 4. The largest absolute Gasteiger partial charge is 0.453 e. The van der Waals surface area contributed by atoms with Gasteiger partial charge in [0.25, 0.3) is 0 Å². The molecular formula is C45H58N8O6Si. The average molecular weight is 835 g/mol. The van der Waals surface area contributed by atoms with Crippen molar-refractivity contribution in [1.29, 1.82) is 0 Å². The number of carbonyl (C=O) groups excluding carboxylic acids is 4. The summed E-state index contributed by atoms with van der Waals surface area (Å²) in [7, 11) is 0.829. The van der Waals surface area contributed by atoms with Gasteiger partial charge in [0.2, 0.25) is 11.8 Å². The van der Waals surface area contributed by atoms with E-state index in [1.807, 2.05) is 56.7 Å². The van der Waals surface area contributed by atoms with Crippen molar-refractivity contribution in [3.05, 3.63) is 72.4 Å². The van der Waals surface area contributed by atoms with Crippen molar-refractivity contribution in [2.24, 2.45) is 11.3 Å². The van der Waals surface area contributed by atoms with E-state index in [2.05, 4.69) is 82.2 Å². The van der Waals surface area contributed by atoms with Gasteiger partial charge in [-0.1, -0.05) is 90.2 Å². The number of ether oxygens (including phenoxy) is 2. The number of benzene rings is 3. The van der Waals surface area contributed by atoms with E-state index in [4.69, 9.17) is 19.4 Å². The third kappa shape index (κ3) is 8.91. The van der Waals surface area contributed by atoms with Crippen molar-refractivity contribution >= 4 is 53.9 Å². The van der Waals surface area contributed by atoms with Crippen LogP contribution in [-0.2, 0) is 19.1 Å². The Hall–Kier alpha value is -5.70. The third-order valence-corrected chi connectivity index (χ3v) is 14.5. The van der Waals surface area contributed by atoms with Gasteiger partial charge in [0.1, 0.15) is 23.7 Å². The first-order valence-electron chi connectivity index (χ1n) is 20.8. The fourth-order valence-corrected chi connectivity index (χ4v) is 11.7. The number of likely N-dealkylation sites (tertiary alicyclic amines) is 1. The van der Waals surface area contributed by atoms with E-state index in [0.717, 1.165) is 74.7 Å². The van der Waals surface area contributed by atoms with E-state index >= 15 is 0 Å². The second kappa shape index (κ2) is 16.7. The highest BCUT2D eigenvalue weighted by Gasteiger charge is 2.46. The number of imidazole rings is 2. The normalized spacial score (nSPS) is 18.8. The average Bonchev–Trinajstić information content (AvgIpc) is 4.03. The smallest absolute Gasteiger partial charge is 0.407 e. The lowest BCUT2D eigenvalue weighted by Crippen LogP contribution is -2.52. The maximum Gasteiger partial charge on any atom is 0.407 e. The minimum absolute atomic E-state index is 0.115. The molecule has 4 heterocycles. The highest BCUT2D eigenvalue weighted by molar-refractivity contribution is 6.78. The molecule has 0 radical (unpaired) electrons. The molecule has 7 rings (SSSR count). The molecule has 5 aromatic rings. The molecule has 0 spiro atoms. The van der Waals surface area contributed by atoms with Crippen molar-refractivity contribution in [2.75, 3.05) is 26.9 Å². The summed E-state index contributed by atoms with van der Waals surface area (Å²) >= 11 is 0. The number of H-pyrrole nitrogens is 2. The van der Waals surface area contributed by atoms with Crippen LogP contribution in [0, 0.1) is 11.3 Å². The fraction of sp³-hybridized carbons (Fsp3) is 0.467. The molecule has 4 N–H and O–H groups in total. The molecule has 60 heavy (non-hydrogen) atoms. The molecule has 2 fully saturated rings. The van der Waals surface area contributed by atoms with Gasteiger partial charge in [0.05, 0.1) is 57.3 Å². The van der Waals surface area contributed by atoms with Gasteiger partial charge in [-0.05, 0) is 70.8 Å². The fourth-order valence-electron chi connectivity index (χ4n) is 8.81. The van der Waals surface area contributed by atoms with Crippen LogP contribution in [0.5, 0.6) is 0 Å². The Labute approximate surface area is 352 Å². The summed E-state index contributed by atoms with van der Waals surface area (Å²) in [6, 6.07) is 17.9. The zero-order chi connectivity index (χ0) is 43.1. The van der Waals surface area contributed by atoms with Crippen LogP contribution in [0.4, 0.5) is 9.59 Å². The van der Waals surface area contributed by atoms with Crippen molar-refractivity contribution in [1.82, 2.24) is 40.4 Å². The van der Waals surface area contributed by atoms with Crippen molar-refractivity contribution in [2.45, 2.75) is 97.2 Å². The predicted octanol–water partition coefficient (Wildman–Crippen LogP) is 8.11. The molecule has 14 nitrogen and oxygen atoms in total. The molecule has 2 aliphatic heterocycles. The molecule has 2 saturated heterocycles. The highest BCUT2D eigenvalue weighted by atomic mass is 28.3. The maximum atomic E-state index is 14.0. The van der Waals surface area contributed by atoms with E-state index in [0.29, 0.717) is 19.1 Å². The van der Waals surface area contributed by atoms with Gasteiger partial charge in [-0.15, -0.1) is 0 Å². The molecule has 0 saturated carbocycles. The SMILES string of the molecule is COC(=O)N[C@@H](CC(C)(C)C)C(=O)N1CCC[C@H]1c1ncc(-c2ccc(-c3ccc4c(ccc5nc([C@@H]6C[Si](C)(C)CN6C(=O)[C@@H](NC(=O)OC)C(C)C)[nH]c54)c3)cc2)[nH]1. The molecule has 15 heteroatoms. The summed E-state index contributed by atoms with van der Waals surface area (Å²) in [5.41, 5.74) is 5.56. The Kier molecular flexibility index (Phi) is 11.8. The van der Waals surface area contributed by atoms with Crippen LogP contribution in [0.25, 0.3) is 44.2 Å². The Balaban J connectivity index is 1.09. The lowest BCUT2D eigenvalue weighted by Gasteiger charge is -2.31. The second-order valence-corrected chi connectivity index (χ2v) is 23.7. The Morgan fingerprint density at radius 1 is 0.850 bits per heavy atom. The van der Waals surface area contributed by atoms with Crippen molar-refractivity contribution in [3.63, 3.8) is 0 Å². The first kappa shape index (κ1) is 42.4. The molecule has 2 aromatic heterocycles. The number of methoxy groups -OCH3 is 2. The van der Waals surface area contributed by atoms with E-state index in [9.17, 15) is 19.2 Å². The Morgan fingerprint density at radius 2 is 1.53 bits per heavy atom. The monoisotopic (exact) mass is 834 g/mol. The molecule has 318 valence electrons. The molecule has 0 unspecified atom stereocenters. The van der Waals surface area contributed by atoms with Crippen molar-refractivity contribution < 1.29 is 28.7 Å². The lowest BCUT2D eigenvalue weighted by atomic mass is 9.87. The lowest BCUT2D eigenvalue weighted by molar-refractivity contribution is -0.135. The number of rotatable bonds is 10. The summed E-state index contributed by atoms with van der Waals surface area (Å²) in [5.74, 6) is 1.13. The molecule has 4 atom stereocenters. The van der Waals surface area contributed by atoms with Gasteiger partial charge >= 0.3 is 12.2 Å². The molecule has 0 aliphatic carbocycles. The van der Waals surface area contributed by atoms with Gasteiger partial charge in [-0.3, -0.25) is 9.59 Å². The van der Waals surface area contributed by atoms with E-state index in [1.54, 1.807) is 0 Å². The van der Waals surface area contributed by atoms with Gasteiger partial charge in [0.15, 0.2) is 0 Å². The van der Waals surface area contributed by atoms with Gasteiger partial charge < -0.3 is 39.9 Å². The number of hydrogen-bond acceptors (Lipinski definition) is 8. The number of alkyl carbamates (subject to hydrolysis) is 2. The maximum absolute atomic E-state index is 14.0. The summed E-state index contributed by atoms with van der Waals surface area (Å²) in [6.45, 7) is 15.1. The van der Waals surface area contributed by atoms with E-state index < -0.39 is 32.3 Å². The van der Waals surface area contributed by atoms with Gasteiger partial charge in [-0.25, -0.2) is 19.6 Å². The molecule has 3 aromatic carbocycles. The minimum Gasteiger partial charge on any atom is -0.453 e. The van der Waals surface area contributed by atoms with Crippen LogP contribution in [0.1, 0.15) is 77.6 Å². The van der Waals surface area contributed by atoms with Crippen LogP contribution < -0.4 is 10.6 Å². The number of nitrogens with one attached hydrogen (secondary N) is 4. The highest BCUT2D eigenvalue weighted by Crippen LogP contribution is 2.40. The molecular weight excluding hydrogens is 777 g/mol. The zero-order valence-electron chi connectivity index (χ0n) is 36.1. The molecule has 2 aliphatic rings. The number of carbonyl (C=O) groups is 4. The van der Waals surface area contributed by atoms with Crippen LogP contribution in [0.15, 0.2) is 60.8 Å². The van der Waals surface area contributed by atoms with Crippen LogP contribution in [0.2, 0.25) is 19.1 Å². The molecule has 4 amide bonds. The topological polar surface area (TPSA) is 175 Å². The Morgan fingerprint density at radius 3 is 2.22 bits per heavy atom. The number of hydrogen-bond donors (Lipinski definition) is 4. The summed E-state index contributed by atoms with van der Waals surface area (Å²) in [5, 5.41) is 7.62. The van der Waals surface area contributed by atoms with Crippen LogP contribution in [0.3, 0.4) is 0 Å². The first-order valence-corrected chi connectivity index (χ1v) is 24.2. The number of nitrogens with zero attached hydrogens (tertiary/aromatic N) is 4. The predicted molar refractivity (Wildman–Crippen MR) is 235 cm³/mol. The summed E-state index contributed by atoms with van der Waals surface area (Å²) in [6.07, 6.45) is 3.36. The van der Waals surface area contributed by atoms with Crippen LogP contribution in [-0.4, -0.2) is 101 Å². The van der Waals surface area contributed by atoms with Gasteiger partial charge in [-0.2, -0.15) is 0 Å². The quantitative estimate of drug-likeness (QED) is 0.102. The number of aromatic nitrogens is 4. The summed E-state index contributed by atoms with van der Waals surface area (Å²) in [4.78, 5) is 72.7. The standard InChI is InChI=1S/C45H58N8O6Si/c1-26(2)37(51-44(57)59-7)42(55)53-25-60(8,9)24-36(53)40-47-32-19-17-30-21-29(16-18-31(30)38(32)50-40)27-12-14-28(15-13-27)34-23-46-39(48-34)35-11-10-20-52(35)41(54)33(22-45(3,4)5)49-43(56)58-6/h12-19,21,23,26,33,35-37H,10-11,20,22,24-25H2,1-9H3,(H,46,48)(H,47,50)(H,49,56)(H,51,57)/t33-,35-,36-,37-/m0/s1. The second-order valence-electron chi connectivity index (χ2n) is 18.6. The third-order valence-electron chi connectivity index (χ3n) is 11.8. The van der Waals surface area contributed by atoms with E-state index in [-0.39, 0.29) is 35.2 Å². The molecule has 0 bridgehead atoms. The zero-order valence-corrected chi connectivity index (χ0v) is 37.1. The number of fused-ring (bicyclic) bond motifs is 3. The van der Waals surface area contributed by atoms with Crippen LogP contribution >= 0.6 is 0 Å². The minimum atomic E-state index is -1.78. The van der Waals surface area contributed by atoms with Crippen molar-refractivity contribution in [3.8, 4) is 22.4 Å². The van der Waals surface area contributed by atoms with E-state index in [1.165, 1.54) is 14.2 Å². The first-order chi connectivity index (χ1) is 28.4. The Bertz CT molecular complexity index is 2400.